The van der Waals surface area contributed by atoms with Crippen molar-refractivity contribution < 1.29 is 27.5 Å². The zero-order valence-corrected chi connectivity index (χ0v) is 14.1. The van der Waals surface area contributed by atoms with Gasteiger partial charge in [0.15, 0.2) is 0 Å². The van der Waals surface area contributed by atoms with E-state index >= 15 is 0 Å². The largest absolute Gasteiger partial charge is 0.378 e. The Bertz CT molecular complexity index is 847. The number of imide groups is 1. The molecule has 2 amide bonds. The minimum Gasteiger partial charge on any atom is -0.378 e. The molecule has 7 heteroatoms. The minimum absolute atomic E-state index is 0.159. The average Bonchev–Trinajstić information content (AvgIpc) is 2.86. The van der Waals surface area contributed by atoms with E-state index in [1.165, 1.54) is 31.2 Å². The van der Waals surface area contributed by atoms with E-state index in [0.29, 0.717) is 0 Å². The lowest BCUT2D eigenvalue weighted by Crippen LogP contribution is -2.33. The normalized spacial score (nSPS) is 15.3. The maximum atomic E-state index is 14.8. The number of hydrogen-bond donors (Lipinski definition) is 0. The molecule has 1 atom stereocenters. The number of rotatable bonds is 5. The molecule has 0 aromatic heterocycles. The molecule has 0 radical (unpaired) electrons. The fraction of sp³-hybridized carbons (Fsp3) is 0.263. The van der Waals surface area contributed by atoms with E-state index in [2.05, 4.69) is 4.74 Å². The van der Waals surface area contributed by atoms with Gasteiger partial charge in [-0.2, -0.15) is 8.78 Å². The van der Waals surface area contributed by atoms with Gasteiger partial charge in [-0.3, -0.25) is 14.5 Å². The summed E-state index contributed by atoms with van der Waals surface area (Å²) in [6.45, 7) is 0.451. The Kier molecular flexibility index (Phi) is 4.58. The first kappa shape index (κ1) is 18.1. The topological polar surface area (TPSA) is 46.6 Å². The summed E-state index contributed by atoms with van der Waals surface area (Å²) < 4.78 is 47.4. The number of nitrogens with zero attached hydrogens (tertiary/aromatic N) is 1. The Morgan fingerprint density at radius 2 is 1.62 bits per heavy atom. The molecule has 2 aromatic carbocycles. The molecule has 0 saturated heterocycles. The van der Waals surface area contributed by atoms with Crippen molar-refractivity contribution >= 4 is 11.8 Å². The third-order valence-corrected chi connectivity index (χ3v) is 4.41. The lowest BCUT2D eigenvalue weighted by atomic mass is 9.99. The van der Waals surface area contributed by atoms with Crippen LogP contribution in [0.25, 0.3) is 0 Å². The van der Waals surface area contributed by atoms with Crippen LogP contribution in [0.4, 0.5) is 13.2 Å². The van der Waals surface area contributed by atoms with Crippen molar-refractivity contribution in [1.29, 1.82) is 0 Å². The monoisotopic (exact) mass is 363 g/mol. The van der Waals surface area contributed by atoms with Crippen LogP contribution >= 0.6 is 0 Å². The van der Waals surface area contributed by atoms with Crippen molar-refractivity contribution in [3.05, 3.63) is 70.5 Å². The summed E-state index contributed by atoms with van der Waals surface area (Å²) in [4.78, 5) is 26.0. The lowest BCUT2D eigenvalue weighted by Gasteiger charge is -2.25. The van der Waals surface area contributed by atoms with Gasteiger partial charge in [0, 0.05) is 12.7 Å². The van der Waals surface area contributed by atoms with Crippen LogP contribution < -0.4 is 0 Å². The molecule has 1 heterocycles. The number of amides is 2. The van der Waals surface area contributed by atoms with E-state index in [-0.39, 0.29) is 16.7 Å². The first-order chi connectivity index (χ1) is 12.3. The average molecular weight is 363 g/mol. The molecular weight excluding hydrogens is 347 g/mol. The molecule has 136 valence electrons. The van der Waals surface area contributed by atoms with Crippen LogP contribution in [0.15, 0.2) is 42.5 Å². The van der Waals surface area contributed by atoms with Crippen molar-refractivity contribution in [1.82, 2.24) is 4.90 Å². The van der Waals surface area contributed by atoms with E-state index in [1.807, 2.05) is 0 Å². The molecule has 3 rings (SSSR count). The van der Waals surface area contributed by atoms with E-state index in [0.717, 1.165) is 18.1 Å². The molecular formula is C19H16F3NO3. The predicted molar refractivity (Wildman–Crippen MR) is 87.5 cm³/mol. The van der Waals surface area contributed by atoms with Crippen LogP contribution in [0.3, 0.4) is 0 Å². The number of hydrogen-bond acceptors (Lipinski definition) is 3. The van der Waals surface area contributed by atoms with Gasteiger partial charge in [-0.25, -0.2) is 4.39 Å². The van der Waals surface area contributed by atoms with Crippen LogP contribution in [0.1, 0.15) is 44.8 Å². The van der Waals surface area contributed by atoms with E-state index in [9.17, 15) is 22.8 Å². The van der Waals surface area contributed by atoms with Gasteiger partial charge in [0.05, 0.1) is 22.7 Å². The van der Waals surface area contributed by atoms with Gasteiger partial charge < -0.3 is 4.74 Å². The van der Waals surface area contributed by atoms with Gasteiger partial charge >= 0.3 is 0 Å². The van der Waals surface area contributed by atoms with Crippen molar-refractivity contribution in [3.8, 4) is 0 Å². The van der Waals surface area contributed by atoms with Crippen molar-refractivity contribution in [2.45, 2.75) is 18.9 Å². The molecule has 0 aliphatic carbocycles. The number of halogens is 3. The minimum atomic E-state index is -3.53. The number of methoxy groups -OCH3 is 1. The highest BCUT2D eigenvalue weighted by Gasteiger charge is 2.41. The zero-order chi connectivity index (χ0) is 19.1. The summed E-state index contributed by atoms with van der Waals surface area (Å²) in [7, 11) is 1.09. The van der Waals surface area contributed by atoms with Gasteiger partial charge in [0.2, 0.25) is 0 Å². The van der Waals surface area contributed by atoms with Gasteiger partial charge in [-0.05, 0) is 25.1 Å². The maximum absolute atomic E-state index is 14.8. The van der Waals surface area contributed by atoms with Crippen LogP contribution in [-0.4, -0.2) is 30.4 Å². The molecule has 0 unspecified atom stereocenters. The van der Waals surface area contributed by atoms with Crippen molar-refractivity contribution in [3.63, 3.8) is 0 Å². The van der Waals surface area contributed by atoms with Crippen LogP contribution in [-0.2, 0) is 10.7 Å². The second kappa shape index (κ2) is 6.57. The summed E-state index contributed by atoms with van der Waals surface area (Å²) in [6, 6.07) is 8.72. The van der Waals surface area contributed by atoms with Gasteiger partial charge in [-0.15, -0.1) is 0 Å². The number of carbonyl (C=O) groups excluding carboxylic acids is 2. The molecule has 1 aliphatic rings. The molecule has 0 N–H and O–H groups in total. The first-order valence-corrected chi connectivity index (χ1v) is 7.92. The maximum Gasteiger partial charge on any atom is 0.298 e. The Balaban J connectivity index is 2.01. The summed E-state index contributed by atoms with van der Waals surface area (Å²) in [5, 5.41) is 0. The third-order valence-electron chi connectivity index (χ3n) is 4.41. The highest BCUT2D eigenvalue weighted by Crippen LogP contribution is 2.36. The molecule has 2 aromatic rings. The summed E-state index contributed by atoms with van der Waals surface area (Å²) in [5.41, 5.74) is -0.565. The highest BCUT2D eigenvalue weighted by molar-refractivity contribution is 6.21. The van der Waals surface area contributed by atoms with E-state index < -0.39 is 41.8 Å². The molecule has 0 fully saturated rings. The molecule has 1 aliphatic heterocycles. The summed E-state index contributed by atoms with van der Waals surface area (Å²) in [6.07, 6.45) is 0. The SMILES string of the molecule is COCC(F)(F)c1cccc([C@@H](C)N2C(=O)c3ccccc3C2=O)c1F. The number of benzene rings is 2. The molecule has 4 nitrogen and oxygen atoms in total. The number of ether oxygens (including phenoxy) is 1. The quantitative estimate of drug-likeness (QED) is 0.757. The Hall–Kier alpha value is -2.67. The van der Waals surface area contributed by atoms with Crippen molar-refractivity contribution in [2.75, 3.05) is 13.7 Å². The Morgan fingerprint density at radius 1 is 1.04 bits per heavy atom. The fourth-order valence-corrected chi connectivity index (χ4v) is 3.11. The first-order valence-electron chi connectivity index (χ1n) is 7.92. The predicted octanol–water partition coefficient (Wildman–Crippen LogP) is 3.92. The second-order valence-electron chi connectivity index (χ2n) is 6.05. The third kappa shape index (κ3) is 2.78. The molecule has 0 saturated carbocycles. The van der Waals surface area contributed by atoms with Gasteiger partial charge in [0.1, 0.15) is 12.4 Å². The second-order valence-corrected chi connectivity index (χ2v) is 6.05. The van der Waals surface area contributed by atoms with E-state index in [4.69, 9.17) is 0 Å². The fourth-order valence-electron chi connectivity index (χ4n) is 3.11. The van der Waals surface area contributed by atoms with E-state index in [1.54, 1.807) is 12.1 Å². The smallest absolute Gasteiger partial charge is 0.298 e. The standard InChI is InChI=1S/C19H16F3NO3/c1-11(23-17(24)13-6-3-4-7-14(13)18(23)25)12-8-5-9-15(16(12)20)19(21,22)10-26-2/h3-9,11H,10H2,1-2H3/t11-/m1/s1. The number of fused-ring (bicyclic) bond motifs is 1. The lowest BCUT2D eigenvalue weighted by molar-refractivity contribution is -0.0723. The molecule has 0 spiro atoms. The molecule has 0 bridgehead atoms. The number of alkyl halides is 2. The Labute approximate surface area is 148 Å². The summed E-state index contributed by atoms with van der Waals surface area (Å²) >= 11 is 0. The summed E-state index contributed by atoms with van der Waals surface area (Å²) in [5.74, 6) is -5.84. The molecule has 26 heavy (non-hydrogen) atoms. The van der Waals surface area contributed by atoms with Crippen LogP contribution in [0.2, 0.25) is 0 Å². The van der Waals surface area contributed by atoms with Crippen LogP contribution in [0.5, 0.6) is 0 Å². The highest BCUT2D eigenvalue weighted by atomic mass is 19.3. The van der Waals surface area contributed by atoms with Crippen LogP contribution in [0, 0.1) is 5.82 Å². The van der Waals surface area contributed by atoms with Crippen molar-refractivity contribution in [2.24, 2.45) is 0 Å². The van der Waals surface area contributed by atoms with Gasteiger partial charge in [-0.1, -0.05) is 24.3 Å². The Morgan fingerprint density at radius 3 is 2.15 bits per heavy atom. The zero-order valence-electron chi connectivity index (χ0n) is 14.1. The van der Waals surface area contributed by atoms with Gasteiger partial charge in [0.25, 0.3) is 17.7 Å². The number of carbonyl (C=O) groups is 2.